The van der Waals surface area contributed by atoms with Crippen molar-refractivity contribution in [1.82, 2.24) is 4.57 Å². The second kappa shape index (κ2) is 14.2. The molecular weight excluding hydrogens is 542 g/mol. The Labute approximate surface area is 243 Å². The number of aryl methyl sites for hydroxylation is 1. The number of ether oxygens (including phenoxy) is 2. The average molecular weight is 574 g/mol. The van der Waals surface area contributed by atoms with Crippen molar-refractivity contribution in [2.45, 2.75) is 32.7 Å². The summed E-state index contributed by atoms with van der Waals surface area (Å²) in [7, 11) is 0. The van der Waals surface area contributed by atoms with E-state index in [0.29, 0.717) is 36.8 Å². The van der Waals surface area contributed by atoms with Gasteiger partial charge in [0.1, 0.15) is 31.3 Å². The summed E-state index contributed by atoms with van der Waals surface area (Å²) in [6.45, 7) is 2.55. The van der Waals surface area contributed by atoms with Crippen LogP contribution in [0.5, 0.6) is 11.5 Å². The van der Waals surface area contributed by atoms with Crippen molar-refractivity contribution in [2.24, 2.45) is 0 Å². The first-order valence-electron chi connectivity index (χ1n) is 13.3. The molecule has 4 aromatic rings. The lowest BCUT2D eigenvalue weighted by atomic mass is 10.0. The number of nitrogens with zero attached hydrogens (tertiary/aromatic N) is 1. The third-order valence-corrected chi connectivity index (χ3v) is 6.84. The summed E-state index contributed by atoms with van der Waals surface area (Å²) in [5, 5.41) is 20.2. The molecule has 0 atom stereocenters. The Hall–Kier alpha value is -4.49. The second-order valence-corrected chi connectivity index (χ2v) is 9.92. The van der Waals surface area contributed by atoms with Gasteiger partial charge in [0.15, 0.2) is 0 Å². The number of carboxylic acid groups (broad SMARTS) is 2. The van der Waals surface area contributed by atoms with Gasteiger partial charge in [-0.05, 0) is 78.9 Å². The molecule has 7 nitrogen and oxygen atoms in total. The molecule has 212 valence electrons. The van der Waals surface area contributed by atoms with E-state index >= 15 is 0 Å². The number of carboxylic acids is 2. The molecule has 1 aromatic heterocycles. The van der Waals surface area contributed by atoms with Crippen LogP contribution in [0.15, 0.2) is 78.9 Å². The molecule has 0 saturated heterocycles. The van der Waals surface area contributed by atoms with E-state index in [1.807, 2.05) is 85.8 Å². The molecule has 2 N–H and O–H groups in total. The zero-order valence-electron chi connectivity index (χ0n) is 22.8. The minimum absolute atomic E-state index is 0.0685. The molecule has 0 fully saturated rings. The molecule has 0 spiro atoms. The van der Waals surface area contributed by atoms with Crippen LogP contribution in [0.1, 0.15) is 35.2 Å². The molecule has 0 amide bonds. The van der Waals surface area contributed by atoms with Crippen LogP contribution in [-0.2, 0) is 22.6 Å². The number of aliphatic carboxylic acids is 2. The van der Waals surface area contributed by atoms with Crippen LogP contribution in [0.25, 0.3) is 23.1 Å². The molecule has 0 aliphatic heterocycles. The predicted molar refractivity (Wildman–Crippen MR) is 162 cm³/mol. The highest BCUT2D eigenvalue weighted by Gasteiger charge is 2.18. The van der Waals surface area contributed by atoms with Gasteiger partial charge < -0.3 is 24.3 Å². The fourth-order valence-corrected chi connectivity index (χ4v) is 4.85. The van der Waals surface area contributed by atoms with Crippen LogP contribution in [-0.4, -0.2) is 39.9 Å². The number of aromatic nitrogens is 1. The van der Waals surface area contributed by atoms with E-state index in [9.17, 15) is 14.7 Å². The molecule has 0 saturated carbocycles. The Bertz CT molecular complexity index is 1570. The monoisotopic (exact) mass is 573 g/mol. The van der Waals surface area contributed by atoms with Gasteiger partial charge in [0, 0.05) is 22.5 Å². The minimum Gasteiger partial charge on any atom is -0.490 e. The average Bonchev–Trinajstić information content (AvgIpc) is 3.20. The second-order valence-electron chi connectivity index (χ2n) is 9.49. The van der Waals surface area contributed by atoms with Gasteiger partial charge in [-0.1, -0.05) is 60.2 Å². The van der Waals surface area contributed by atoms with Crippen LogP contribution in [0, 0.1) is 6.92 Å². The zero-order chi connectivity index (χ0) is 29.2. The van der Waals surface area contributed by atoms with Crippen LogP contribution in [0.4, 0.5) is 0 Å². The maximum absolute atomic E-state index is 11.7. The highest BCUT2D eigenvalue weighted by Crippen LogP contribution is 2.31. The normalized spacial score (nSPS) is 11.5. The number of para-hydroxylation sites is 1. The summed E-state index contributed by atoms with van der Waals surface area (Å²) in [6, 6.07) is 20.8. The predicted octanol–water partition coefficient (Wildman–Crippen LogP) is 7.28. The van der Waals surface area contributed by atoms with Gasteiger partial charge in [0.25, 0.3) is 0 Å². The number of hydrogen-bond acceptors (Lipinski definition) is 4. The molecule has 8 heteroatoms. The summed E-state index contributed by atoms with van der Waals surface area (Å²) in [4.78, 5) is 22.7. The number of carbonyl (C=O) groups is 2. The minimum atomic E-state index is -0.931. The van der Waals surface area contributed by atoms with E-state index in [-0.39, 0.29) is 13.0 Å². The van der Waals surface area contributed by atoms with Crippen LogP contribution in [0.2, 0.25) is 5.02 Å². The van der Waals surface area contributed by atoms with E-state index in [4.69, 9.17) is 26.2 Å². The van der Waals surface area contributed by atoms with Crippen LogP contribution in [0.3, 0.4) is 0 Å². The fraction of sp³-hybridized carbons (Fsp3) is 0.212. The number of hydrogen-bond donors (Lipinski definition) is 2. The van der Waals surface area contributed by atoms with Crippen LogP contribution < -0.4 is 9.47 Å². The molecule has 3 aromatic carbocycles. The molecule has 0 radical (unpaired) electrons. The van der Waals surface area contributed by atoms with Gasteiger partial charge in [-0.15, -0.1) is 0 Å². The van der Waals surface area contributed by atoms with Gasteiger partial charge in [-0.3, -0.25) is 9.59 Å². The van der Waals surface area contributed by atoms with Crippen molar-refractivity contribution in [1.29, 1.82) is 0 Å². The SMILES string of the molecule is Cc1c(CCCC(=O)O)c2cccc(C=Cc3ccc(OCC=CCOc4cccc(Cl)c4)cc3)c2n1CC(=O)O. The van der Waals surface area contributed by atoms with Gasteiger partial charge in [-0.2, -0.15) is 0 Å². The zero-order valence-corrected chi connectivity index (χ0v) is 23.5. The first-order chi connectivity index (χ1) is 19.8. The first-order valence-corrected chi connectivity index (χ1v) is 13.7. The Morgan fingerprint density at radius 1 is 0.878 bits per heavy atom. The Morgan fingerprint density at radius 3 is 2.27 bits per heavy atom. The molecule has 41 heavy (non-hydrogen) atoms. The fourth-order valence-electron chi connectivity index (χ4n) is 4.67. The molecule has 0 aliphatic rings. The van der Waals surface area contributed by atoms with E-state index in [1.54, 1.807) is 16.7 Å². The third kappa shape index (κ3) is 8.25. The lowest BCUT2D eigenvalue weighted by molar-refractivity contribution is -0.138. The summed E-state index contributed by atoms with van der Waals surface area (Å²) >= 11 is 5.95. The van der Waals surface area contributed by atoms with Crippen molar-refractivity contribution in [2.75, 3.05) is 13.2 Å². The Morgan fingerprint density at radius 2 is 1.59 bits per heavy atom. The maximum atomic E-state index is 11.7. The van der Waals surface area contributed by atoms with Gasteiger partial charge in [0.05, 0.1) is 5.52 Å². The Kier molecular flexibility index (Phi) is 10.2. The summed E-state index contributed by atoms with van der Waals surface area (Å²) < 4.78 is 13.2. The van der Waals surface area contributed by atoms with E-state index in [1.165, 1.54) is 0 Å². The van der Waals surface area contributed by atoms with Crippen molar-refractivity contribution < 1.29 is 29.3 Å². The van der Waals surface area contributed by atoms with Crippen molar-refractivity contribution >= 4 is 46.6 Å². The quantitative estimate of drug-likeness (QED) is 0.121. The summed E-state index contributed by atoms with van der Waals surface area (Å²) in [6.07, 6.45) is 8.85. The third-order valence-electron chi connectivity index (χ3n) is 6.61. The molecule has 0 bridgehead atoms. The van der Waals surface area contributed by atoms with E-state index in [2.05, 4.69) is 0 Å². The van der Waals surface area contributed by atoms with Crippen molar-refractivity contribution in [3.8, 4) is 11.5 Å². The lowest BCUT2D eigenvalue weighted by Gasteiger charge is -2.08. The number of fused-ring (bicyclic) bond motifs is 1. The van der Waals surface area contributed by atoms with Gasteiger partial charge in [-0.25, -0.2) is 0 Å². The molecule has 0 unspecified atom stereocenters. The van der Waals surface area contributed by atoms with Gasteiger partial charge in [0.2, 0.25) is 0 Å². The van der Waals surface area contributed by atoms with Crippen LogP contribution >= 0.6 is 11.6 Å². The number of rotatable bonds is 14. The summed E-state index contributed by atoms with van der Waals surface area (Å²) in [5.74, 6) is -0.320. The van der Waals surface area contributed by atoms with E-state index in [0.717, 1.165) is 39.0 Å². The Balaban J connectivity index is 1.41. The largest absolute Gasteiger partial charge is 0.490 e. The van der Waals surface area contributed by atoms with Crippen molar-refractivity contribution in [3.63, 3.8) is 0 Å². The standard InChI is InChI=1S/C33H32ClNO6/c1-23-29(10-6-12-31(36)37)30-11-4-7-25(33(30)35(23)22-32(38)39)16-13-24-14-17-27(18-15-24)40-19-2-3-20-41-28-9-5-8-26(34)21-28/h2-5,7-9,11,13-18,21H,6,10,12,19-20,22H2,1H3,(H,36,37)(H,38,39). The molecule has 1 heterocycles. The highest BCUT2D eigenvalue weighted by molar-refractivity contribution is 6.30. The summed E-state index contributed by atoms with van der Waals surface area (Å²) in [5.41, 5.74) is 4.53. The topological polar surface area (TPSA) is 98.0 Å². The molecule has 0 aliphatic carbocycles. The molecule has 4 rings (SSSR count). The maximum Gasteiger partial charge on any atom is 0.323 e. The smallest absolute Gasteiger partial charge is 0.323 e. The van der Waals surface area contributed by atoms with E-state index < -0.39 is 11.9 Å². The highest BCUT2D eigenvalue weighted by atomic mass is 35.5. The number of halogens is 1. The lowest BCUT2D eigenvalue weighted by Crippen LogP contribution is -2.10. The van der Waals surface area contributed by atoms with Crippen molar-refractivity contribution in [3.05, 3.63) is 106 Å². The number of benzene rings is 3. The first kappa shape index (κ1) is 29.5. The van der Waals surface area contributed by atoms with Gasteiger partial charge >= 0.3 is 11.9 Å². The molecular formula is C33H32ClNO6.